The van der Waals surface area contributed by atoms with Gasteiger partial charge in [-0.15, -0.1) is 0 Å². The molecule has 2 aromatic rings. The van der Waals surface area contributed by atoms with Gasteiger partial charge in [0.2, 0.25) is 10.0 Å². The molecule has 0 aliphatic rings. The Labute approximate surface area is 143 Å². The summed E-state index contributed by atoms with van der Waals surface area (Å²) in [4.78, 5) is 11.2. The largest absolute Gasteiger partial charge is 0.416 e. The Morgan fingerprint density at radius 3 is 2.20 bits per heavy atom. The van der Waals surface area contributed by atoms with Crippen LogP contribution in [0.15, 0.2) is 53.4 Å². The lowest BCUT2D eigenvalue weighted by Gasteiger charge is -2.18. The lowest BCUT2D eigenvalue weighted by atomic mass is 10.1. The average Bonchev–Trinajstić information content (AvgIpc) is 2.54. The number of alkyl halides is 3. The molecule has 0 amide bonds. The van der Waals surface area contributed by atoms with Gasteiger partial charge in [-0.25, -0.2) is 8.42 Å². The van der Waals surface area contributed by atoms with Gasteiger partial charge in [-0.05, 0) is 30.7 Å². The quantitative estimate of drug-likeness (QED) is 0.753. The van der Waals surface area contributed by atoms with Crippen molar-refractivity contribution >= 4 is 15.8 Å². The topological polar surface area (TPSA) is 54.5 Å². The Morgan fingerprint density at radius 2 is 1.68 bits per heavy atom. The Bertz CT molecular complexity index is 875. The molecule has 0 radical (unpaired) electrons. The fraction of sp³-hybridized carbons (Fsp3) is 0.235. The van der Waals surface area contributed by atoms with E-state index in [1.807, 2.05) is 0 Å². The third-order valence-electron chi connectivity index (χ3n) is 3.63. The van der Waals surface area contributed by atoms with E-state index in [-0.39, 0.29) is 22.8 Å². The van der Waals surface area contributed by atoms with Crippen molar-refractivity contribution in [2.24, 2.45) is 0 Å². The fourth-order valence-corrected chi connectivity index (χ4v) is 3.39. The van der Waals surface area contributed by atoms with Crippen molar-refractivity contribution in [1.29, 1.82) is 0 Å². The van der Waals surface area contributed by atoms with Crippen LogP contribution in [0.25, 0.3) is 0 Å². The van der Waals surface area contributed by atoms with Gasteiger partial charge in [-0.2, -0.15) is 17.5 Å². The van der Waals surface area contributed by atoms with E-state index in [9.17, 15) is 26.4 Å². The summed E-state index contributed by atoms with van der Waals surface area (Å²) in [6.45, 7) is 1.16. The molecule has 0 aliphatic carbocycles. The predicted octanol–water partition coefficient (Wildman–Crippen LogP) is 3.73. The van der Waals surface area contributed by atoms with Gasteiger partial charge in [0.1, 0.15) is 0 Å². The normalized spacial score (nSPS) is 12.4. The second kappa shape index (κ2) is 6.97. The maximum atomic E-state index is 12.7. The van der Waals surface area contributed by atoms with E-state index >= 15 is 0 Å². The number of carbonyl (C=O) groups is 1. The van der Waals surface area contributed by atoms with E-state index in [1.54, 1.807) is 0 Å². The summed E-state index contributed by atoms with van der Waals surface area (Å²) in [6, 6.07) is 9.91. The highest BCUT2D eigenvalue weighted by molar-refractivity contribution is 7.89. The molecule has 0 saturated carbocycles. The van der Waals surface area contributed by atoms with Crippen molar-refractivity contribution in [2.45, 2.75) is 24.5 Å². The first-order valence-corrected chi connectivity index (χ1v) is 8.69. The van der Waals surface area contributed by atoms with Gasteiger partial charge in [0.05, 0.1) is 10.5 Å². The molecule has 0 fully saturated rings. The first-order chi connectivity index (χ1) is 11.5. The number of carbonyl (C=O) groups excluding carboxylic acids is 1. The third kappa shape index (κ3) is 4.46. The Kier molecular flexibility index (Phi) is 5.34. The maximum Gasteiger partial charge on any atom is 0.416 e. The Morgan fingerprint density at radius 1 is 1.08 bits per heavy atom. The monoisotopic (exact) mass is 371 g/mol. The number of Topliss-reactive ketones (excluding diaryl/α,β-unsaturated/α-hetero) is 1. The van der Waals surface area contributed by atoms with E-state index in [2.05, 4.69) is 0 Å². The minimum atomic E-state index is -4.49. The summed E-state index contributed by atoms with van der Waals surface area (Å²) in [5, 5.41) is 0. The van der Waals surface area contributed by atoms with E-state index < -0.39 is 21.8 Å². The van der Waals surface area contributed by atoms with Crippen LogP contribution in [0, 0.1) is 0 Å². The van der Waals surface area contributed by atoms with Crippen LogP contribution >= 0.6 is 0 Å². The minimum Gasteiger partial charge on any atom is -0.295 e. The van der Waals surface area contributed by atoms with Crippen LogP contribution < -0.4 is 0 Å². The summed E-state index contributed by atoms with van der Waals surface area (Å²) in [7, 11) is -2.60. The molecule has 0 heterocycles. The Hall–Kier alpha value is -2.19. The molecule has 2 aromatic carbocycles. The SMILES string of the molecule is CC(=O)c1ccc(S(=O)(=O)N(C)Cc2cccc(C(F)(F)F)c2)cc1. The van der Waals surface area contributed by atoms with Crippen molar-refractivity contribution in [3.8, 4) is 0 Å². The molecule has 8 heteroatoms. The second-order valence-electron chi connectivity index (χ2n) is 5.54. The first-order valence-electron chi connectivity index (χ1n) is 7.25. The highest BCUT2D eigenvalue weighted by atomic mass is 32.2. The standard InChI is InChI=1S/C17H16F3NO3S/c1-12(22)14-6-8-16(9-7-14)25(23,24)21(2)11-13-4-3-5-15(10-13)17(18,19)20/h3-10H,11H2,1-2H3. The molecule has 0 unspecified atom stereocenters. The predicted molar refractivity (Wildman–Crippen MR) is 86.5 cm³/mol. The van der Waals surface area contributed by atoms with Crippen molar-refractivity contribution in [2.75, 3.05) is 7.05 Å². The number of hydrogen-bond donors (Lipinski definition) is 0. The average molecular weight is 371 g/mol. The zero-order valence-corrected chi connectivity index (χ0v) is 14.4. The van der Waals surface area contributed by atoms with Crippen molar-refractivity contribution < 1.29 is 26.4 Å². The Balaban J connectivity index is 2.24. The van der Waals surface area contributed by atoms with Crippen LogP contribution in [-0.2, 0) is 22.7 Å². The van der Waals surface area contributed by atoms with E-state index in [4.69, 9.17) is 0 Å². The van der Waals surface area contributed by atoms with Gasteiger partial charge >= 0.3 is 6.18 Å². The third-order valence-corrected chi connectivity index (χ3v) is 5.45. The van der Waals surface area contributed by atoms with Crippen LogP contribution in [0.3, 0.4) is 0 Å². The van der Waals surface area contributed by atoms with Gasteiger partial charge in [0.25, 0.3) is 0 Å². The number of halogens is 3. The van der Waals surface area contributed by atoms with Crippen LogP contribution in [0.5, 0.6) is 0 Å². The van der Waals surface area contributed by atoms with Gasteiger partial charge in [-0.1, -0.05) is 30.3 Å². The summed E-state index contributed by atoms with van der Waals surface area (Å²) < 4.78 is 64.2. The number of benzene rings is 2. The van der Waals surface area contributed by atoms with Gasteiger partial charge < -0.3 is 0 Å². The highest BCUT2D eigenvalue weighted by Gasteiger charge is 2.30. The lowest BCUT2D eigenvalue weighted by molar-refractivity contribution is -0.137. The van der Waals surface area contributed by atoms with E-state index in [1.165, 1.54) is 50.4 Å². The molecule has 0 saturated heterocycles. The van der Waals surface area contributed by atoms with Crippen LogP contribution in [0.1, 0.15) is 28.4 Å². The molecule has 0 bridgehead atoms. The molecule has 0 aliphatic heterocycles. The fourth-order valence-electron chi connectivity index (χ4n) is 2.23. The molecule has 0 spiro atoms. The molecular weight excluding hydrogens is 355 g/mol. The zero-order chi connectivity index (χ0) is 18.8. The summed E-state index contributed by atoms with van der Waals surface area (Å²) in [5.74, 6) is -0.193. The summed E-state index contributed by atoms with van der Waals surface area (Å²) in [6.07, 6.45) is -4.49. The molecule has 25 heavy (non-hydrogen) atoms. The molecule has 2 rings (SSSR count). The van der Waals surface area contributed by atoms with Gasteiger partial charge in [-0.3, -0.25) is 4.79 Å². The molecule has 0 aromatic heterocycles. The molecule has 0 atom stereocenters. The lowest BCUT2D eigenvalue weighted by Crippen LogP contribution is -2.26. The van der Waals surface area contributed by atoms with Crippen LogP contribution in [-0.4, -0.2) is 25.6 Å². The molecule has 0 N–H and O–H groups in total. The summed E-state index contributed by atoms with van der Waals surface area (Å²) >= 11 is 0. The first kappa shape index (κ1) is 19.1. The van der Waals surface area contributed by atoms with Crippen LogP contribution in [0.4, 0.5) is 13.2 Å². The number of hydrogen-bond acceptors (Lipinski definition) is 3. The number of rotatable bonds is 5. The smallest absolute Gasteiger partial charge is 0.295 e. The highest BCUT2D eigenvalue weighted by Crippen LogP contribution is 2.30. The van der Waals surface area contributed by atoms with Crippen LogP contribution in [0.2, 0.25) is 0 Å². The molecule has 134 valence electrons. The van der Waals surface area contributed by atoms with E-state index in [0.717, 1.165) is 16.4 Å². The van der Waals surface area contributed by atoms with Gasteiger partial charge in [0.15, 0.2) is 5.78 Å². The van der Waals surface area contributed by atoms with E-state index in [0.29, 0.717) is 5.56 Å². The number of nitrogens with zero attached hydrogens (tertiary/aromatic N) is 1. The minimum absolute atomic E-state index is 0.0352. The maximum absolute atomic E-state index is 12.7. The number of ketones is 1. The van der Waals surface area contributed by atoms with Crippen molar-refractivity contribution in [3.63, 3.8) is 0 Å². The number of sulfonamides is 1. The molecular formula is C17H16F3NO3S. The zero-order valence-electron chi connectivity index (χ0n) is 13.5. The second-order valence-corrected chi connectivity index (χ2v) is 7.58. The van der Waals surface area contributed by atoms with Crippen molar-refractivity contribution in [3.05, 3.63) is 65.2 Å². The summed E-state index contributed by atoms with van der Waals surface area (Å²) in [5.41, 5.74) is -0.234. The van der Waals surface area contributed by atoms with Gasteiger partial charge in [0, 0.05) is 19.2 Å². The van der Waals surface area contributed by atoms with Crippen molar-refractivity contribution in [1.82, 2.24) is 4.31 Å². The molecule has 4 nitrogen and oxygen atoms in total.